The minimum atomic E-state index is -1.37. The van der Waals surface area contributed by atoms with Crippen molar-refractivity contribution in [3.05, 3.63) is 162 Å². The van der Waals surface area contributed by atoms with E-state index in [2.05, 4.69) is 47.2 Å². The Balaban J connectivity index is 1.14. The van der Waals surface area contributed by atoms with E-state index in [1.165, 1.54) is 0 Å². The van der Waals surface area contributed by atoms with Crippen LogP contribution in [0.4, 0.5) is 0 Å². The summed E-state index contributed by atoms with van der Waals surface area (Å²) in [4.78, 5) is 124. The summed E-state index contributed by atoms with van der Waals surface area (Å²) in [6.45, 7) is 3.90. The first-order chi connectivity index (χ1) is 41.1. The third-order valence-corrected chi connectivity index (χ3v) is 17.7. The molecule has 0 unspecified atom stereocenters. The predicted octanol–water partition coefficient (Wildman–Crippen LogP) is 3.92. The molecular formula is C63H74N12O8S2. The number of carbonyl (C=O) groups is 8. The molecule has 7 aromatic rings. The molecule has 0 radical (unpaired) electrons. The maximum atomic E-state index is 15.0. The average Bonchev–Trinajstić information content (AvgIpc) is 4.22. The molecule has 0 bridgehead atoms. The molecule has 5 aromatic carbocycles. The van der Waals surface area contributed by atoms with Crippen molar-refractivity contribution >= 4 is 101 Å². The first kappa shape index (κ1) is 62.7. The summed E-state index contributed by atoms with van der Waals surface area (Å²) in [5.41, 5.74) is 22.0. The Morgan fingerprint density at radius 2 is 1.27 bits per heavy atom. The molecule has 1 aliphatic heterocycles. The standard InChI is InChI=1S/C63H74N12O8S2/c1-3-37(2)55-63(83)74-54(61(81)70-50(56(66)76)30-39-22-24-42-15-5-7-17-44(42)28-39)36-85-84-35-53(73-57(77)47(65)29-38-21-23-41-14-4-6-16-43(41)27-38)62(82)71-51(31-40-13-12-26-67-33-40)59(79)72-52(32-45-34-68-48-19-9-8-18-46(45)48)60(80)69-49(58(78)75-55)20-10-11-25-64/h4-9,12-19,21-24,26-28,33-34,37,47,49-55,68H,3,10-11,20,25,29-32,35-36,64-65H2,1-2H3,(H2,66,76)(H,69,80)(H,70,81)(H,71,82)(H,72,79)(H,73,77)(H,74,83)(H,75,78)/t37-,47-,49-,50-,51-,52+,53+,54-,55-/m0/s1. The van der Waals surface area contributed by atoms with Gasteiger partial charge < -0.3 is 59.4 Å². The summed E-state index contributed by atoms with van der Waals surface area (Å²) in [5.74, 6) is -6.76. The van der Waals surface area contributed by atoms with Crippen molar-refractivity contribution in [1.82, 2.24) is 47.2 Å². The number of nitrogens with two attached hydrogens (primary N) is 3. The second kappa shape index (κ2) is 30.5. The van der Waals surface area contributed by atoms with Gasteiger partial charge in [0.25, 0.3) is 0 Å². The first-order valence-corrected chi connectivity index (χ1v) is 31.1. The predicted molar refractivity (Wildman–Crippen MR) is 333 cm³/mol. The highest BCUT2D eigenvalue weighted by molar-refractivity contribution is 8.76. The van der Waals surface area contributed by atoms with Crippen molar-refractivity contribution in [3.8, 4) is 0 Å². The molecule has 8 rings (SSSR count). The first-order valence-electron chi connectivity index (χ1n) is 28.6. The number of carbonyl (C=O) groups excluding carboxylic acids is 8. The highest BCUT2D eigenvalue weighted by atomic mass is 33.1. The van der Waals surface area contributed by atoms with Crippen LogP contribution in [0.2, 0.25) is 0 Å². The lowest BCUT2D eigenvalue weighted by Crippen LogP contribution is -2.62. The molecule has 1 saturated heterocycles. The van der Waals surface area contributed by atoms with Gasteiger partial charge >= 0.3 is 0 Å². The number of amides is 8. The number of hydrogen-bond acceptors (Lipinski definition) is 13. The van der Waals surface area contributed by atoms with Gasteiger partial charge in [0, 0.05) is 60.3 Å². The number of benzene rings is 5. The van der Waals surface area contributed by atoms with Crippen LogP contribution in [0.5, 0.6) is 0 Å². The van der Waals surface area contributed by atoms with Gasteiger partial charge in [-0.3, -0.25) is 43.3 Å². The van der Waals surface area contributed by atoms with Crippen LogP contribution in [0.1, 0.15) is 61.8 Å². The second-order valence-electron chi connectivity index (χ2n) is 21.5. The number of para-hydroxylation sites is 1. The number of fused-ring (bicyclic) bond motifs is 3. The zero-order valence-corrected chi connectivity index (χ0v) is 49.1. The van der Waals surface area contributed by atoms with Gasteiger partial charge in [0.05, 0.1) is 6.04 Å². The SMILES string of the molecule is CC[C@H](C)[C@@H]1NC(=O)[C@H](CCCCN)NC(=O)[C@@H](Cc2c[nH]c3ccccc23)NC(=O)[C@H](Cc2cccnc2)NC(=O)[C@H](NC(=O)[C@@H](N)Cc2ccc3ccccc3c2)CSSC[C@@H](C(=O)N[C@@H](Cc2ccc3ccccc3c2)C(N)=O)NC1=O. The van der Waals surface area contributed by atoms with E-state index in [4.69, 9.17) is 17.2 Å². The Morgan fingerprint density at radius 1 is 0.659 bits per heavy atom. The zero-order chi connectivity index (χ0) is 60.4. The number of nitrogens with one attached hydrogen (secondary N) is 8. The summed E-state index contributed by atoms with van der Waals surface area (Å²) in [6, 6.07) is 27.4. The third kappa shape index (κ3) is 17.4. The smallest absolute Gasteiger partial charge is 0.244 e. The van der Waals surface area contributed by atoms with Crippen molar-refractivity contribution in [1.29, 1.82) is 0 Å². The number of primary amides is 1. The highest BCUT2D eigenvalue weighted by Crippen LogP contribution is 2.26. The number of aromatic amines is 1. The quantitative estimate of drug-likeness (QED) is 0.0405. The molecule has 22 heteroatoms. The maximum absolute atomic E-state index is 15.0. The van der Waals surface area contributed by atoms with Crippen molar-refractivity contribution in [2.75, 3.05) is 18.1 Å². The fraction of sp³-hybridized carbons (Fsp3) is 0.349. The highest BCUT2D eigenvalue weighted by Gasteiger charge is 2.37. The minimum Gasteiger partial charge on any atom is -0.368 e. The van der Waals surface area contributed by atoms with Gasteiger partial charge in [-0.2, -0.15) is 0 Å². The summed E-state index contributed by atoms with van der Waals surface area (Å²) < 4.78 is 0. The minimum absolute atomic E-state index is 0.0270. The van der Waals surface area contributed by atoms with Crippen LogP contribution >= 0.6 is 21.6 Å². The molecule has 1 aliphatic rings. The Bertz CT molecular complexity index is 3500. The van der Waals surface area contributed by atoms with Gasteiger partial charge in [-0.25, -0.2) is 0 Å². The molecule has 0 saturated carbocycles. The molecule has 1 fully saturated rings. The lowest BCUT2D eigenvalue weighted by atomic mass is 9.96. The van der Waals surface area contributed by atoms with E-state index in [9.17, 15) is 38.4 Å². The molecule has 8 amide bonds. The lowest BCUT2D eigenvalue weighted by Gasteiger charge is -2.30. The number of unbranched alkanes of at least 4 members (excludes halogenated alkanes) is 1. The summed E-state index contributed by atoms with van der Waals surface area (Å²) in [7, 11) is 2.18. The summed E-state index contributed by atoms with van der Waals surface area (Å²) in [5, 5.41) is 24.6. The van der Waals surface area contributed by atoms with Gasteiger partial charge in [0.15, 0.2) is 0 Å². The van der Waals surface area contributed by atoms with E-state index in [0.29, 0.717) is 42.5 Å². The lowest BCUT2D eigenvalue weighted by molar-refractivity contribution is -0.136. The Hall–Kier alpha value is -8.31. The van der Waals surface area contributed by atoms with Gasteiger partial charge in [0.1, 0.15) is 42.3 Å². The number of H-pyrrole nitrogens is 1. The molecule has 0 spiro atoms. The molecule has 446 valence electrons. The zero-order valence-electron chi connectivity index (χ0n) is 47.5. The number of nitrogens with zero attached hydrogens (tertiary/aromatic N) is 1. The van der Waals surface area contributed by atoms with E-state index in [0.717, 1.165) is 59.6 Å². The normalized spacial score (nSPS) is 20.6. The van der Waals surface area contributed by atoms with Crippen LogP contribution in [-0.2, 0) is 64.0 Å². The van der Waals surface area contributed by atoms with Gasteiger partial charge in [0.2, 0.25) is 47.3 Å². The van der Waals surface area contributed by atoms with Crippen LogP contribution in [0, 0.1) is 5.92 Å². The molecule has 0 aliphatic carbocycles. The molecule has 9 atom stereocenters. The van der Waals surface area contributed by atoms with Crippen molar-refractivity contribution < 1.29 is 38.4 Å². The summed E-state index contributed by atoms with van der Waals surface area (Å²) >= 11 is 0. The average molecular weight is 1190 g/mol. The van der Waals surface area contributed by atoms with E-state index in [1.54, 1.807) is 37.6 Å². The number of hydrogen-bond donors (Lipinski definition) is 11. The van der Waals surface area contributed by atoms with Crippen molar-refractivity contribution in [3.63, 3.8) is 0 Å². The molecular weight excluding hydrogens is 1120 g/mol. The Morgan fingerprint density at radius 3 is 1.93 bits per heavy atom. The molecule has 14 N–H and O–H groups in total. The second-order valence-corrected chi connectivity index (χ2v) is 24.1. The van der Waals surface area contributed by atoms with Crippen molar-refractivity contribution in [2.24, 2.45) is 23.1 Å². The fourth-order valence-corrected chi connectivity index (χ4v) is 12.5. The van der Waals surface area contributed by atoms with E-state index in [-0.39, 0.29) is 43.6 Å². The van der Waals surface area contributed by atoms with E-state index in [1.807, 2.05) is 116 Å². The number of rotatable bonds is 19. The fourth-order valence-electron chi connectivity index (χ4n) is 10.2. The van der Waals surface area contributed by atoms with Crippen LogP contribution in [-0.4, -0.2) is 124 Å². The van der Waals surface area contributed by atoms with Gasteiger partial charge in [-0.1, -0.05) is 151 Å². The van der Waals surface area contributed by atoms with E-state index < -0.39 is 102 Å². The maximum Gasteiger partial charge on any atom is 0.244 e. The Kier molecular flexibility index (Phi) is 22.5. The molecule has 20 nitrogen and oxygen atoms in total. The monoisotopic (exact) mass is 1190 g/mol. The summed E-state index contributed by atoms with van der Waals surface area (Å²) in [6.07, 6.45) is 6.23. The number of pyridine rings is 1. The van der Waals surface area contributed by atoms with Crippen LogP contribution in [0.15, 0.2) is 140 Å². The van der Waals surface area contributed by atoms with Crippen LogP contribution in [0.25, 0.3) is 32.4 Å². The van der Waals surface area contributed by atoms with Crippen LogP contribution < -0.4 is 54.4 Å². The number of aromatic nitrogens is 2. The molecule has 3 heterocycles. The molecule has 85 heavy (non-hydrogen) atoms. The third-order valence-electron chi connectivity index (χ3n) is 15.2. The van der Waals surface area contributed by atoms with E-state index >= 15 is 0 Å². The van der Waals surface area contributed by atoms with Crippen LogP contribution in [0.3, 0.4) is 0 Å². The largest absolute Gasteiger partial charge is 0.368 e. The van der Waals surface area contributed by atoms with Gasteiger partial charge in [-0.05, 0) is 94.1 Å². The Labute approximate surface area is 501 Å². The van der Waals surface area contributed by atoms with Crippen molar-refractivity contribution in [2.45, 2.75) is 114 Å². The molecule has 2 aromatic heterocycles. The van der Waals surface area contributed by atoms with Gasteiger partial charge in [-0.15, -0.1) is 0 Å². The topological polar surface area (TPSA) is 328 Å².